The number of hydrogen-bond donors (Lipinski definition) is 0. The second-order valence-electron chi connectivity index (χ2n) is 7.57. The summed E-state index contributed by atoms with van der Waals surface area (Å²) >= 11 is 0. The SMILES string of the molecule is CCCC[P+](CCCC)(CCCC)Cc1cccc(C(=O)OCCC)c1.[Br-]. The molecule has 27 heavy (non-hydrogen) atoms. The monoisotopic (exact) mass is 458 g/mol. The van der Waals surface area contributed by atoms with Crippen molar-refractivity contribution in [3.05, 3.63) is 35.4 Å². The molecule has 0 aromatic heterocycles. The Balaban J connectivity index is 0.00000676. The van der Waals surface area contributed by atoms with E-state index in [2.05, 4.69) is 32.9 Å². The van der Waals surface area contributed by atoms with Crippen LogP contribution in [0.3, 0.4) is 0 Å². The van der Waals surface area contributed by atoms with E-state index in [0.717, 1.165) is 12.0 Å². The summed E-state index contributed by atoms with van der Waals surface area (Å²) in [6.07, 6.45) is 14.2. The van der Waals surface area contributed by atoms with E-state index < -0.39 is 7.26 Å². The van der Waals surface area contributed by atoms with Gasteiger partial charge in [-0.25, -0.2) is 4.79 Å². The molecule has 2 nitrogen and oxygen atoms in total. The second-order valence-corrected chi connectivity index (χ2v) is 11.9. The van der Waals surface area contributed by atoms with E-state index >= 15 is 0 Å². The van der Waals surface area contributed by atoms with E-state index in [-0.39, 0.29) is 23.0 Å². The third-order valence-electron chi connectivity index (χ3n) is 5.08. The summed E-state index contributed by atoms with van der Waals surface area (Å²) in [5.41, 5.74) is 2.06. The molecule has 0 amide bonds. The molecular weight excluding hydrogens is 419 g/mol. The standard InChI is InChI=1S/C23H40O2P.BrH/c1-5-9-16-26(17-10-6-2,18-11-7-3)20-21-13-12-14-22(19-21)23(24)25-15-8-4;/h12-14,19H,5-11,15-18,20H2,1-4H3;1H/q+1;/p-1. The van der Waals surface area contributed by atoms with Gasteiger partial charge in [0.15, 0.2) is 0 Å². The fourth-order valence-corrected chi connectivity index (χ4v) is 8.59. The zero-order valence-corrected chi connectivity index (χ0v) is 20.4. The molecule has 0 saturated carbocycles. The van der Waals surface area contributed by atoms with Gasteiger partial charge >= 0.3 is 5.97 Å². The summed E-state index contributed by atoms with van der Waals surface area (Å²) in [7, 11) is -0.991. The zero-order chi connectivity index (χ0) is 19.3. The van der Waals surface area contributed by atoms with Crippen LogP contribution in [0.2, 0.25) is 0 Å². The lowest BCUT2D eigenvalue weighted by Gasteiger charge is -2.28. The number of unbranched alkanes of at least 4 members (excludes halogenated alkanes) is 3. The number of carbonyl (C=O) groups is 1. The summed E-state index contributed by atoms with van der Waals surface area (Å²) in [6, 6.07) is 8.24. The predicted molar refractivity (Wildman–Crippen MR) is 117 cm³/mol. The number of benzene rings is 1. The van der Waals surface area contributed by atoms with Gasteiger partial charge in [-0.2, -0.15) is 0 Å². The molecule has 1 aromatic rings. The van der Waals surface area contributed by atoms with Crippen LogP contribution in [0.4, 0.5) is 0 Å². The van der Waals surface area contributed by atoms with Crippen molar-refractivity contribution in [1.82, 2.24) is 0 Å². The van der Waals surface area contributed by atoms with Crippen LogP contribution < -0.4 is 17.0 Å². The normalized spacial score (nSPS) is 11.1. The molecule has 0 aliphatic carbocycles. The third kappa shape index (κ3) is 10.1. The van der Waals surface area contributed by atoms with Gasteiger partial charge in [-0.05, 0) is 43.4 Å². The Hall–Kier alpha value is -0.400. The highest BCUT2D eigenvalue weighted by Crippen LogP contribution is 2.63. The number of ether oxygens (including phenoxy) is 1. The minimum Gasteiger partial charge on any atom is -1.00 e. The lowest BCUT2D eigenvalue weighted by atomic mass is 10.1. The van der Waals surface area contributed by atoms with Gasteiger partial charge in [0.25, 0.3) is 0 Å². The van der Waals surface area contributed by atoms with Crippen molar-refractivity contribution in [3.8, 4) is 0 Å². The predicted octanol–water partition coefficient (Wildman–Crippen LogP) is 4.18. The lowest BCUT2D eigenvalue weighted by Crippen LogP contribution is -3.00. The average molecular weight is 459 g/mol. The first kappa shape index (κ1) is 26.6. The summed E-state index contributed by atoms with van der Waals surface area (Å²) in [5, 5.41) is 0. The van der Waals surface area contributed by atoms with E-state index in [1.165, 1.54) is 68.7 Å². The van der Waals surface area contributed by atoms with Gasteiger partial charge < -0.3 is 21.7 Å². The number of esters is 1. The molecule has 156 valence electrons. The molecule has 0 bridgehead atoms. The van der Waals surface area contributed by atoms with Crippen molar-refractivity contribution in [3.63, 3.8) is 0 Å². The maximum Gasteiger partial charge on any atom is 0.338 e. The topological polar surface area (TPSA) is 26.3 Å². The van der Waals surface area contributed by atoms with Gasteiger partial charge in [-0.15, -0.1) is 0 Å². The molecule has 0 atom stereocenters. The van der Waals surface area contributed by atoms with Crippen LogP contribution in [0.1, 0.15) is 88.6 Å². The summed E-state index contributed by atoms with van der Waals surface area (Å²) in [4.78, 5) is 12.2. The van der Waals surface area contributed by atoms with Crippen molar-refractivity contribution in [2.24, 2.45) is 0 Å². The van der Waals surface area contributed by atoms with Crippen LogP contribution in [0, 0.1) is 0 Å². The molecular formula is C23H40BrO2P. The Bertz CT molecular complexity index is 497. The summed E-state index contributed by atoms with van der Waals surface area (Å²) in [6.45, 7) is 9.44. The summed E-state index contributed by atoms with van der Waals surface area (Å²) in [5.74, 6) is -0.173. The van der Waals surface area contributed by atoms with E-state index in [9.17, 15) is 4.79 Å². The molecule has 0 aliphatic rings. The smallest absolute Gasteiger partial charge is 0.338 e. The quantitative estimate of drug-likeness (QED) is 0.308. The maximum absolute atomic E-state index is 12.2. The Kier molecular flexibility index (Phi) is 15.3. The zero-order valence-electron chi connectivity index (χ0n) is 17.9. The van der Waals surface area contributed by atoms with Gasteiger partial charge in [0.2, 0.25) is 0 Å². The molecule has 0 spiro atoms. The van der Waals surface area contributed by atoms with Crippen LogP contribution in [0.5, 0.6) is 0 Å². The van der Waals surface area contributed by atoms with Crippen LogP contribution in [0.25, 0.3) is 0 Å². The van der Waals surface area contributed by atoms with E-state index in [1.54, 1.807) is 0 Å². The molecule has 0 aliphatic heterocycles. The van der Waals surface area contributed by atoms with Gasteiger partial charge in [0.1, 0.15) is 0 Å². The maximum atomic E-state index is 12.2. The minimum absolute atomic E-state index is 0. The number of halogens is 1. The fraction of sp³-hybridized carbons (Fsp3) is 0.696. The van der Waals surface area contributed by atoms with Crippen LogP contribution in [-0.2, 0) is 10.9 Å². The molecule has 0 unspecified atom stereocenters. The number of hydrogen-bond acceptors (Lipinski definition) is 2. The minimum atomic E-state index is -0.991. The Morgan fingerprint density at radius 2 is 1.44 bits per heavy atom. The van der Waals surface area contributed by atoms with E-state index in [1.807, 2.05) is 19.1 Å². The largest absolute Gasteiger partial charge is 1.00 e. The van der Waals surface area contributed by atoms with Gasteiger partial charge in [0, 0.05) is 7.26 Å². The molecule has 0 radical (unpaired) electrons. The highest BCUT2D eigenvalue weighted by molar-refractivity contribution is 7.75. The van der Waals surface area contributed by atoms with Gasteiger partial charge in [-0.3, -0.25) is 0 Å². The van der Waals surface area contributed by atoms with Crippen molar-refractivity contribution >= 4 is 13.2 Å². The van der Waals surface area contributed by atoms with Crippen molar-refractivity contribution in [1.29, 1.82) is 0 Å². The number of carbonyl (C=O) groups excluding carboxylic acids is 1. The first-order valence-electron chi connectivity index (χ1n) is 10.7. The fourth-order valence-electron chi connectivity index (χ4n) is 3.52. The highest BCUT2D eigenvalue weighted by Gasteiger charge is 2.35. The molecule has 0 heterocycles. The van der Waals surface area contributed by atoms with Gasteiger partial charge in [-0.1, -0.05) is 59.1 Å². The Morgan fingerprint density at radius 3 is 1.93 bits per heavy atom. The molecule has 0 fully saturated rings. The molecule has 0 saturated heterocycles. The van der Waals surface area contributed by atoms with Crippen molar-refractivity contribution in [2.45, 2.75) is 78.8 Å². The van der Waals surface area contributed by atoms with Crippen molar-refractivity contribution < 1.29 is 26.5 Å². The Morgan fingerprint density at radius 1 is 0.889 bits per heavy atom. The summed E-state index contributed by atoms with van der Waals surface area (Å²) < 4.78 is 5.33. The lowest BCUT2D eigenvalue weighted by molar-refractivity contribution is -0.0000236. The first-order chi connectivity index (χ1) is 12.6. The van der Waals surface area contributed by atoms with E-state index in [4.69, 9.17) is 4.74 Å². The van der Waals surface area contributed by atoms with Crippen LogP contribution in [-0.4, -0.2) is 31.1 Å². The molecule has 0 N–H and O–H groups in total. The molecule has 4 heteroatoms. The third-order valence-corrected chi connectivity index (χ3v) is 9.91. The first-order valence-corrected chi connectivity index (χ1v) is 13.2. The van der Waals surface area contributed by atoms with Crippen LogP contribution >= 0.6 is 7.26 Å². The van der Waals surface area contributed by atoms with Crippen molar-refractivity contribution in [2.75, 3.05) is 25.1 Å². The van der Waals surface area contributed by atoms with Crippen LogP contribution in [0.15, 0.2) is 24.3 Å². The highest BCUT2D eigenvalue weighted by atomic mass is 79.9. The second kappa shape index (κ2) is 15.5. The van der Waals surface area contributed by atoms with Gasteiger partial charge in [0.05, 0.1) is 36.8 Å². The van der Waals surface area contributed by atoms with E-state index in [0.29, 0.717) is 6.61 Å². The average Bonchev–Trinajstić information content (AvgIpc) is 2.67. The molecule has 1 aromatic carbocycles. The molecule has 1 rings (SSSR count). The Labute approximate surface area is 179 Å². The number of rotatable bonds is 14.